The highest BCUT2D eigenvalue weighted by atomic mass is 16.5. The maximum absolute atomic E-state index is 11.9. The fraction of sp³-hybridized carbons (Fsp3) is 0.500. The lowest BCUT2D eigenvalue weighted by Gasteiger charge is -2.25. The molecule has 5 nitrogen and oxygen atoms in total. The van der Waals surface area contributed by atoms with Gasteiger partial charge in [-0.2, -0.15) is 0 Å². The van der Waals surface area contributed by atoms with Gasteiger partial charge >= 0.3 is 5.97 Å². The van der Waals surface area contributed by atoms with Gasteiger partial charge in [-0.25, -0.2) is 0 Å². The Hall–Kier alpha value is -1.88. The molecule has 21 heavy (non-hydrogen) atoms. The second-order valence-corrected chi connectivity index (χ2v) is 5.70. The highest BCUT2D eigenvalue weighted by molar-refractivity contribution is 5.80. The van der Waals surface area contributed by atoms with Crippen molar-refractivity contribution in [2.75, 3.05) is 13.2 Å². The van der Waals surface area contributed by atoms with E-state index >= 15 is 0 Å². The van der Waals surface area contributed by atoms with Crippen LogP contribution in [0.15, 0.2) is 30.3 Å². The number of amides is 1. The van der Waals surface area contributed by atoms with Crippen LogP contribution in [0, 0.1) is 5.41 Å². The SMILES string of the molecule is CC1(C(=O)O)COCC1NC(=O)CCCc1ccccc1. The molecule has 0 aromatic heterocycles. The second kappa shape index (κ2) is 6.72. The van der Waals surface area contributed by atoms with E-state index in [0.29, 0.717) is 6.42 Å². The molecule has 5 heteroatoms. The van der Waals surface area contributed by atoms with E-state index < -0.39 is 17.4 Å². The Morgan fingerprint density at radius 1 is 1.38 bits per heavy atom. The minimum Gasteiger partial charge on any atom is -0.481 e. The third kappa shape index (κ3) is 3.82. The van der Waals surface area contributed by atoms with Gasteiger partial charge in [-0.15, -0.1) is 0 Å². The van der Waals surface area contributed by atoms with E-state index in [9.17, 15) is 14.7 Å². The smallest absolute Gasteiger partial charge is 0.313 e. The molecule has 1 aromatic rings. The molecule has 1 saturated heterocycles. The Kier molecular flexibility index (Phi) is 4.96. The number of nitrogens with one attached hydrogen (secondary N) is 1. The van der Waals surface area contributed by atoms with Crippen LogP contribution in [0.2, 0.25) is 0 Å². The van der Waals surface area contributed by atoms with E-state index in [0.717, 1.165) is 12.8 Å². The molecule has 0 bridgehead atoms. The van der Waals surface area contributed by atoms with Gasteiger partial charge in [-0.1, -0.05) is 30.3 Å². The Morgan fingerprint density at radius 2 is 2.10 bits per heavy atom. The van der Waals surface area contributed by atoms with Gasteiger partial charge in [0.25, 0.3) is 0 Å². The molecule has 0 spiro atoms. The van der Waals surface area contributed by atoms with Crippen molar-refractivity contribution in [1.29, 1.82) is 0 Å². The molecule has 2 N–H and O–H groups in total. The van der Waals surface area contributed by atoms with Gasteiger partial charge < -0.3 is 15.2 Å². The Labute approximate surface area is 124 Å². The van der Waals surface area contributed by atoms with Crippen LogP contribution in [0.25, 0.3) is 0 Å². The number of aryl methyl sites for hydroxylation is 1. The van der Waals surface area contributed by atoms with Crippen molar-refractivity contribution in [3.05, 3.63) is 35.9 Å². The molecule has 0 radical (unpaired) electrons. The number of rotatable bonds is 6. The first-order valence-electron chi connectivity index (χ1n) is 7.17. The molecular formula is C16H21NO4. The lowest BCUT2D eigenvalue weighted by molar-refractivity contribution is -0.149. The number of hydrogen-bond acceptors (Lipinski definition) is 3. The average molecular weight is 291 g/mol. The quantitative estimate of drug-likeness (QED) is 0.835. The average Bonchev–Trinajstić information content (AvgIpc) is 2.83. The number of aliphatic carboxylic acids is 1. The summed E-state index contributed by atoms with van der Waals surface area (Å²) in [4.78, 5) is 23.2. The number of ether oxygens (including phenoxy) is 1. The summed E-state index contributed by atoms with van der Waals surface area (Å²) in [6, 6.07) is 9.52. The molecule has 2 rings (SSSR count). The molecule has 2 unspecified atom stereocenters. The highest BCUT2D eigenvalue weighted by Gasteiger charge is 2.47. The Balaban J connectivity index is 1.78. The van der Waals surface area contributed by atoms with Gasteiger partial charge in [-0.3, -0.25) is 9.59 Å². The molecule has 1 heterocycles. The summed E-state index contributed by atoms with van der Waals surface area (Å²) >= 11 is 0. The summed E-state index contributed by atoms with van der Waals surface area (Å²) in [5.41, 5.74) is 0.166. The monoisotopic (exact) mass is 291 g/mol. The van der Waals surface area contributed by atoms with Crippen molar-refractivity contribution in [1.82, 2.24) is 5.32 Å². The van der Waals surface area contributed by atoms with Gasteiger partial charge in [0.15, 0.2) is 0 Å². The lowest BCUT2D eigenvalue weighted by atomic mass is 9.85. The minimum absolute atomic E-state index is 0.117. The molecule has 0 saturated carbocycles. The van der Waals surface area contributed by atoms with E-state index in [1.807, 2.05) is 30.3 Å². The fourth-order valence-electron chi connectivity index (χ4n) is 2.45. The zero-order valence-electron chi connectivity index (χ0n) is 12.2. The predicted octanol–water partition coefficient (Wildman–Crippen LogP) is 1.62. The molecule has 1 fully saturated rings. The maximum Gasteiger partial charge on any atom is 0.313 e. The van der Waals surface area contributed by atoms with Crippen LogP contribution in [-0.2, 0) is 20.7 Å². The number of carbonyl (C=O) groups excluding carboxylic acids is 1. The Bertz CT molecular complexity index is 502. The lowest BCUT2D eigenvalue weighted by Crippen LogP contribution is -2.49. The summed E-state index contributed by atoms with van der Waals surface area (Å²) in [6.45, 7) is 2.00. The van der Waals surface area contributed by atoms with Gasteiger partial charge in [0.05, 0.1) is 19.3 Å². The topological polar surface area (TPSA) is 75.6 Å². The number of carboxylic acid groups (broad SMARTS) is 1. The number of carboxylic acids is 1. The van der Waals surface area contributed by atoms with Gasteiger partial charge in [0.1, 0.15) is 5.41 Å². The third-order valence-electron chi connectivity index (χ3n) is 3.99. The van der Waals surface area contributed by atoms with Crippen LogP contribution in [-0.4, -0.2) is 36.2 Å². The summed E-state index contributed by atoms with van der Waals surface area (Å²) in [5.74, 6) is -1.05. The van der Waals surface area contributed by atoms with Crippen molar-refractivity contribution in [2.24, 2.45) is 5.41 Å². The summed E-state index contributed by atoms with van der Waals surface area (Å²) in [7, 11) is 0. The largest absolute Gasteiger partial charge is 0.481 e. The third-order valence-corrected chi connectivity index (χ3v) is 3.99. The zero-order valence-corrected chi connectivity index (χ0v) is 12.2. The summed E-state index contributed by atoms with van der Waals surface area (Å²) in [5, 5.41) is 12.0. The molecule has 1 aliphatic rings. The predicted molar refractivity (Wildman–Crippen MR) is 77.9 cm³/mol. The number of carbonyl (C=O) groups is 2. The standard InChI is InChI=1S/C16H21NO4/c1-16(15(19)20)11-21-10-13(16)17-14(18)9-5-8-12-6-3-2-4-7-12/h2-4,6-7,13H,5,8-11H2,1H3,(H,17,18)(H,19,20). The summed E-state index contributed by atoms with van der Waals surface area (Å²) < 4.78 is 5.21. The molecule has 1 aromatic carbocycles. The zero-order chi connectivity index (χ0) is 15.3. The fourth-order valence-corrected chi connectivity index (χ4v) is 2.45. The van der Waals surface area contributed by atoms with Crippen LogP contribution in [0.3, 0.4) is 0 Å². The number of benzene rings is 1. The van der Waals surface area contributed by atoms with E-state index in [1.165, 1.54) is 5.56 Å². The van der Waals surface area contributed by atoms with E-state index in [2.05, 4.69) is 5.32 Å². The van der Waals surface area contributed by atoms with Crippen LogP contribution >= 0.6 is 0 Å². The molecule has 1 aliphatic heterocycles. The first-order chi connectivity index (χ1) is 10.0. The normalized spacial score (nSPS) is 24.7. The number of hydrogen-bond donors (Lipinski definition) is 2. The van der Waals surface area contributed by atoms with Crippen LogP contribution < -0.4 is 5.32 Å². The molecular weight excluding hydrogens is 270 g/mol. The van der Waals surface area contributed by atoms with Gasteiger partial charge in [0, 0.05) is 6.42 Å². The molecule has 114 valence electrons. The molecule has 0 aliphatic carbocycles. The molecule has 1 amide bonds. The first kappa shape index (κ1) is 15.5. The van der Waals surface area contributed by atoms with Crippen molar-refractivity contribution >= 4 is 11.9 Å². The van der Waals surface area contributed by atoms with Crippen LogP contribution in [0.4, 0.5) is 0 Å². The molecule has 2 atom stereocenters. The maximum atomic E-state index is 11.9. The van der Waals surface area contributed by atoms with E-state index in [-0.39, 0.29) is 19.1 Å². The van der Waals surface area contributed by atoms with Gasteiger partial charge in [-0.05, 0) is 25.3 Å². The highest BCUT2D eigenvalue weighted by Crippen LogP contribution is 2.28. The van der Waals surface area contributed by atoms with Crippen LogP contribution in [0.1, 0.15) is 25.3 Å². The van der Waals surface area contributed by atoms with Gasteiger partial charge in [0.2, 0.25) is 5.91 Å². The first-order valence-corrected chi connectivity index (χ1v) is 7.17. The van der Waals surface area contributed by atoms with Crippen LogP contribution in [0.5, 0.6) is 0 Å². The van der Waals surface area contributed by atoms with E-state index in [4.69, 9.17) is 4.74 Å². The van der Waals surface area contributed by atoms with E-state index in [1.54, 1.807) is 6.92 Å². The van der Waals surface area contributed by atoms with Crippen molar-refractivity contribution in [3.8, 4) is 0 Å². The van der Waals surface area contributed by atoms with Crippen molar-refractivity contribution < 1.29 is 19.4 Å². The van der Waals surface area contributed by atoms with Crippen molar-refractivity contribution in [3.63, 3.8) is 0 Å². The minimum atomic E-state index is -1.03. The summed E-state index contributed by atoms with van der Waals surface area (Å²) in [6.07, 6.45) is 1.97. The Morgan fingerprint density at radius 3 is 2.76 bits per heavy atom. The second-order valence-electron chi connectivity index (χ2n) is 5.70. The van der Waals surface area contributed by atoms with Crippen molar-refractivity contribution in [2.45, 2.75) is 32.2 Å².